The molecule has 0 aromatic heterocycles. The molecule has 0 saturated heterocycles. The standard InChI is InChI=1S/C24H30Cl2N2O2S/c1-4-12-27-24(30)22(5-2)28(14-18-8-6-17(3)7-9-18)23(29)16-31-15-19-10-11-20(25)13-21(19)26/h6-11,13,22H,4-5,12,14-16H2,1-3H3,(H,27,30)/t22-/m1/s1. The minimum Gasteiger partial charge on any atom is -0.354 e. The Kier molecular flexibility index (Phi) is 10.7. The average Bonchev–Trinajstić information content (AvgIpc) is 2.74. The second kappa shape index (κ2) is 13.0. The van der Waals surface area contributed by atoms with Crippen molar-refractivity contribution in [2.75, 3.05) is 12.3 Å². The summed E-state index contributed by atoms with van der Waals surface area (Å²) in [6.07, 6.45) is 1.41. The number of nitrogens with one attached hydrogen (secondary N) is 1. The molecule has 168 valence electrons. The van der Waals surface area contributed by atoms with Crippen LogP contribution in [-0.4, -0.2) is 35.1 Å². The summed E-state index contributed by atoms with van der Waals surface area (Å²) in [4.78, 5) is 27.6. The minimum absolute atomic E-state index is 0.0610. The van der Waals surface area contributed by atoms with E-state index in [4.69, 9.17) is 23.2 Å². The van der Waals surface area contributed by atoms with Gasteiger partial charge in [-0.25, -0.2) is 0 Å². The number of rotatable bonds is 11. The molecule has 0 radical (unpaired) electrons. The molecule has 1 atom stereocenters. The summed E-state index contributed by atoms with van der Waals surface area (Å²) in [5.41, 5.74) is 3.10. The van der Waals surface area contributed by atoms with Crippen molar-refractivity contribution in [1.82, 2.24) is 10.2 Å². The zero-order chi connectivity index (χ0) is 22.8. The van der Waals surface area contributed by atoms with Crippen LogP contribution >= 0.6 is 35.0 Å². The molecule has 2 aromatic rings. The SMILES string of the molecule is CCCNC(=O)[C@@H](CC)N(Cc1ccc(C)cc1)C(=O)CSCc1ccc(Cl)cc1Cl. The summed E-state index contributed by atoms with van der Waals surface area (Å²) in [5.74, 6) is 0.700. The lowest BCUT2D eigenvalue weighted by molar-refractivity contribution is -0.139. The molecule has 2 rings (SSSR count). The van der Waals surface area contributed by atoms with E-state index in [9.17, 15) is 9.59 Å². The minimum atomic E-state index is -0.500. The van der Waals surface area contributed by atoms with Crippen molar-refractivity contribution < 1.29 is 9.59 Å². The predicted molar refractivity (Wildman–Crippen MR) is 132 cm³/mol. The average molecular weight is 481 g/mol. The van der Waals surface area contributed by atoms with Gasteiger partial charge >= 0.3 is 0 Å². The molecule has 0 aliphatic heterocycles. The highest BCUT2D eigenvalue weighted by atomic mass is 35.5. The maximum absolute atomic E-state index is 13.2. The normalized spacial score (nSPS) is 11.8. The van der Waals surface area contributed by atoms with Crippen LogP contribution in [0.5, 0.6) is 0 Å². The monoisotopic (exact) mass is 480 g/mol. The number of halogens is 2. The summed E-state index contributed by atoms with van der Waals surface area (Å²) in [6, 6.07) is 12.9. The largest absolute Gasteiger partial charge is 0.354 e. The molecule has 4 nitrogen and oxygen atoms in total. The fraction of sp³-hybridized carbons (Fsp3) is 0.417. The molecule has 31 heavy (non-hydrogen) atoms. The van der Waals surface area contributed by atoms with Gasteiger partial charge in [-0.3, -0.25) is 9.59 Å². The topological polar surface area (TPSA) is 49.4 Å². The zero-order valence-electron chi connectivity index (χ0n) is 18.3. The number of hydrogen-bond donors (Lipinski definition) is 1. The molecule has 0 aliphatic carbocycles. The Labute approximate surface area is 199 Å². The summed E-state index contributed by atoms with van der Waals surface area (Å²) >= 11 is 13.7. The fourth-order valence-corrected chi connectivity index (χ4v) is 4.61. The van der Waals surface area contributed by atoms with E-state index in [-0.39, 0.29) is 17.6 Å². The Bertz CT molecular complexity index is 874. The van der Waals surface area contributed by atoms with Crippen molar-refractivity contribution in [3.05, 3.63) is 69.2 Å². The van der Waals surface area contributed by atoms with E-state index in [1.54, 1.807) is 17.0 Å². The van der Waals surface area contributed by atoms with Crippen LogP contribution in [0.1, 0.15) is 43.4 Å². The van der Waals surface area contributed by atoms with E-state index in [1.165, 1.54) is 11.8 Å². The van der Waals surface area contributed by atoms with Crippen molar-refractivity contribution >= 4 is 46.8 Å². The molecule has 0 heterocycles. The first kappa shape index (κ1) is 25.6. The van der Waals surface area contributed by atoms with Crippen molar-refractivity contribution in [1.29, 1.82) is 0 Å². The third-order valence-corrected chi connectivity index (χ3v) is 6.46. The molecule has 2 aromatic carbocycles. The summed E-state index contributed by atoms with van der Waals surface area (Å²) in [7, 11) is 0. The number of carbonyl (C=O) groups excluding carboxylic acids is 2. The lowest BCUT2D eigenvalue weighted by Crippen LogP contribution is -2.49. The molecule has 2 amide bonds. The van der Waals surface area contributed by atoms with E-state index in [0.717, 1.165) is 23.1 Å². The van der Waals surface area contributed by atoms with Crippen LogP contribution in [0.25, 0.3) is 0 Å². The quantitative estimate of drug-likeness (QED) is 0.437. The lowest BCUT2D eigenvalue weighted by Gasteiger charge is -2.30. The Hall–Kier alpha value is -1.69. The molecule has 0 saturated carbocycles. The van der Waals surface area contributed by atoms with Crippen LogP contribution in [0.3, 0.4) is 0 Å². The Morgan fingerprint density at radius 2 is 1.81 bits per heavy atom. The van der Waals surface area contributed by atoms with Gasteiger partial charge in [0.05, 0.1) is 5.75 Å². The number of aryl methyl sites for hydroxylation is 1. The predicted octanol–water partition coefficient (Wildman–Crippen LogP) is 5.87. The van der Waals surface area contributed by atoms with Crippen molar-refractivity contribution in [2.24, 2.45) is 0 Å². The highest BCUT2D eigenvalue weighted by Gasteiger charge is 2.28. The second-order valence-corrected chi connectivity index (χ2v) is 9.28. The van der Waals surface area contributed by atoms with Gasteiger partial charge in [-0.15, -0.1) is 11.8 Å². The molecular formula is C24H30Cl2N2O2S. The van der Waals surface area contributed by atoms with Gasteiger partial charge in [0.1, 0.15) is 6.04 Å². The van der Waals surface area contributed by atoms with Crippen LogP contribution in [0.4, 0.5) is 0 Å². The molecule has 0 bridgehead atoms. The van der Waals surface area contributed by atoms with Crippen LogP contribution in [0.2, 0.25) is 10.0 Å². The van der Waals surface area contributed by atoms with Gasteiger partial charge < -0.3 is 10.2 Å². The third kappa shape index (κ3) is 8.06. The van der Waals surface area contributed by atoms with E-state index in [0.29, 0.717) is 35.3 Å². The van der Waals surface area contributed by atoms with Crippen molar-refractivity contribution in [3.63, 3.8) is 0 Å². The van der Waals surface area contributed by atoms with Gasteiger partial charge in [0.2, 0.25) is 11.8 Å². The third-order valence-electron chi connectivity index (χ3n) is 4.91. The molecule has 0 aliphatic rings. The number of benzene rings is 2. The van der Waals surface area contributed by atoms with Crippen LogP contribution < -0.4 is 5.32 Å². The molecule has 0 spiro atoms. The van der Waals surface area contributed by atoms with E-state index >= 15 is 0 Å². The summed E-state index contributed by atoms with van der Waals surface area (Å²) in [5, 5.41) is 4.12. The van der Waals surface area contributed by atoms with Gasteiger partial charge in [-0.2, -0.15) is 0 Å². The number of amides is 2. The highest BCUT2D eigenvalue weighted by Crippen LogP contribution is 2.25. The summed E-state index contributed by atoms with van der Waals surface area (Å²) < 4.78 is 0. The van der Waals surface area contributed by atoms with E-state index < -0.39 is 6.04 Å². The fourth-order valence-electron chi connectivity index (χ4n) is 3.15. The number of thioether (sulfide) groups is 1. The molecular weight excluding hydrogens is 451 g/mol. The Balaban J connectivity index is 2.11. The van der Waals surface area contributed by atoms with Gasteiger partial charge in [0.25, 0.3) is 0 Å². The van der Waals surface area contributed by atoms with Crippen molar-refractivity contribution in [2.45, 2.75) is 52.0 Å². The maximum atomic E-state index is 13.2. The van der Waals surface area contributed by atoms with E-state index in [2.05, 4.69) is 5.32 Å². The number of carbonyl (C=O) groups is 2. The van der Waals surface area contributed by atoms with Gasteiger partial charge in [0.15, 0.2) is 0 Å². The first-order valence-electron chi connectivity index (χ1n) is 10.5. The smallest absolute Gasteiger partial charge is 0.242 e. The number of nitrogens with zero attached hydrogens (tertiary/aromatic N) is 1. The molecule has 7 heteroatoms. The summed E-state index contributed by atoms with van der Waals surface area (Å²) in [6.45, 7) is 6.98. The van der Waals surface area contributed by atoms with Gasteiger partial charge in [-0.1, -0.05) is 72.9 Å². The van der Waals surface area contributed by atoms with Gasteiger partial charge in [0, 0.05) is 28.9 Å². The second-order valence-electron chi connectivity index (χ2n) is 7.45. The molecule has 0 unspecified atom stereocenters. The zero-order valence-corrected chi connectivity index (χ0v) is 20.6. The van der Waals surface area contributed by atoms with E-state index in [1.807, 2.05) is 51.1 Å². The van der Waals surface area contributed by atoms with Gasteiger partial charge in [-0.05, 0) is 43.0 Å². The first-order chi connectivity index (χ1) is 14.8. The Morgan fingerprint density at radius 1 is 1.10 bits per heavy atom. The first-order valence-corrected chi connectivity index (χ1v) is 12.4. The van der Waals surface area contributed by atoms with Crippen LogP contribution in [0, 0.1) is 6.92 Å². The lowest BCUT2D eigenvalue weighted by atomic mass is 10.1. The van der Waals surface area contributed by atoms with Crippen LogP contribution in [0.15, 0.2) is 42.5 Å². The number of hydrogen-bond acceptors (Lipinski definition) is 3. The molecule has 0 fully saturated rings. The molecule has 1 N–H and O–H groups in total. The highest BCUT2D eigenvalue weighted by molar-refractivity contribution is 7.99. The Morgan fingerprint density at radius 3 is 2.42 bits per heavy atom. The maximum Gasteiger partial charge on any atom is 0.242 e. The van der Waals surface area contributed by atoms with Crippen LogP contribution in [-0.2, 0) is 21.9 Å². The van der Waals surface area contributed by atoms with Crippen molar-refractivity contribution in [3.8, 4) is 0 Å².